The molecule has 1 aliphatic rings. The largest absolute Gasteiger partial charge is 0.314 e. The van der Waals surface area contributed by atoms with Crippen LogP contribution in [0.25, 0.3) is 0 Å². The molecule has 1 saturated carbocycles. The maximum atomic E-state index is 4.20. The van der Waals surface area contributed by atoms with Crippen LogP contribution in [-0.4, -0.2) is 17.6 Å². The summed E-state index contributed by atoms with van der Waals surface area (Å²) >= 11 is 0. The van der Waals surface area contributed by atoms with E-state index in [0.717, 1.165) is 18.4 Å². The molecular weight excluding hydrogens is 184 g/mol. The van der Waals surface area contributed by atoms with Gasteiger partial charge in [0, 0.05) is 18.4 Å². The van der Waals surface area contributed by atoms with Crippen LogP contribution in [0, 0.1) is 5.92 Å². The molecule has 1 aromatic rings. The zero-order valence-corrected chi connectivity index (χ0v) is 9.61. The molecule has 2 rings (SSSR count). The van der Waals surface area contributed by atoms with Crippen molar-refractivity contribution in [3.8, 4) is 0 Å². The van der Waals surface area contributed by atoms with Crippen molar-refractivity contribution in [2.75, 3.05) is 6.54 Å². The van der Waals surface area contributed by atoms with Crippen molar-refractivity contribution in [1.82, 2.24) is 10.3 Å². The van der Waals surface area contributed by atoms with Crippen molar-refractivity contribution < 1.29 is 0 Å². The fraction of sp³-hybridized carbons (Fsp3) is 0.615. The minimum atomic E-state index is 0.597. The monoisotopic (exact) mass is 204 g/mol. The molecule has 1 aliphatic carbocycles. The quantitative estimate of drug-likeness (QED) is 0.815. The number of hydrogen-bond donors (Lipinski definition) is 1. The molecule has 0 bridgehead atoms. The van der Waals surface area contributed by atoms with Crippen LogP contribution in [-0.2, 0) is 0 Å². The Morgan fingerprint density at radius 3 is 2.87 bits per heavy atom. The Morgan fingerprint density at radius 1 is 1.47 bits per heavy atom. The zero-order chi connectivity index (χ0) is 10.7. The number of nitrogens with zero attached hydrogens (tertiary/aromatic N) is 1. The second-order valence-corrected chi connectivity index (χ2v) is 4.79. The van der Waals surface area contributed by atoms with Crippen molar-refractivity contribution in [2.24, 2.45) is 5.92 Å². The van der Waals surface area contributed by atoms with Crippen LogP contribution in [0.3, 0.4) is 0 Å². The van der Waals surface area contributed by atoms with E-state index in [1.54, 1.807) is 0 Å². The van der Waals surface area contributed by atoms with E-state index in [0.29, 0.717) is 6.04 Å². The van der Waals surface area contributed by atoms with Gasteiger partial charge in [-0.3, -0.25) is 4.98 Å². The molecule has 0 spiro atoms. The van der Waals surface area contributed by atoms with E-state index in [1.165, 1.54) is 18.4 Å². The molecule has 0 amide bonds. The lowest BCUT2D eigenvalue weighted by Crippen LogP contribution is -2.36. The minimum Gasteiger partial charge on any atom is -0.314 e. The number of aromatic nitrogens is 1. The summed E-state index contributed by atoms with van der Waals surface area (Å²) in [6.45, 7) is 5.56. The lowest BCUT2D eigenvalue weighted by atomic mass is 9.70. The summed E-state index contributed by atoms with van der Waals surface area (Å²) in [5.74, 6) is 1.56. The third-order valence-corrected chi connectivity index (χ3v) is 3.32. The van der Waals surface area contributed by atoms with Gasteiger partial charge in [-0.15, -0.1) is 0 Å². The van der Waals surface area contributed by atoms with Crippen LogP contribution < -0.4 is 5.32 Å². The fourth-order valence-corrected chi connectivity index (χ4v) is 2.23. The molecule has 82 valence electrons. The highest BCUT2D eigenvalue weighted by Crippen LogP contribution is 2.41. The maximum Gasteiger partial charge on any atom is 0.0302 e. The average molecular weight is 204 g/mol. The van der Waals surface area contributed by atoms with Crippen LogP contribution in [0.4, 0.5) is 0 Å². The van der Waals surface area contributed by atoms with Crippen LogP contribution in [0.2, 0.25) is 0 Å². The Morgan fingerprint density at radius 2 is 2.33 bits per heavy atom. The lowest BCUT2D eigenvalue weighted by molar-refractivity contribution is 0.240. The van der Waals surface area contributed by atoms with Crippen LogP contribution in [0.5, 0.6) is 0 Å². The summed E-state index contributed by atoms with van der Waals surface area (Å²) in [5, 5.41) is 3.53. The highest BCUT2D eigenvalue weighted by atomic mass is 14.9. The molecule has 0 aliphatic heterocycles. The molecule has 15 heavy (non-hydrogen) atoms. The van der Waals surface area contributed by atoms with Gasteiger partial charge in [-0.05, 0) is 42.9 Å². The Balaban J connectivity index is 1.89. The zero-order valence-electron chi connectivity index (χ0n) is 9.61. The molecule has 2 nitrogen and oxygen atoms in total. The normalized spacial score (nSPS) is 25.3. The smallest absolute Gasteiger partial charge is 0.0302 e. The van der Waals surface area contributed by atoms with Crippen molar-refractivity contribution in [2.45, 2.75) is 38.6 Å². The summed E-state index contributed by atoms with van der Waals surface area (Å²) in [4.78, 5) is 4.20. The molecule has 1 fully saturated rings. The molecule has 0 saturated heterocycles. The first kappa shape index (κ1) is 10.6. The van der Waals surface area contributed by atoms with Crippen LogP contribution >= 0.6 is 0 Å². The maximum absolute atomic E-state index is 4.20. The Labute approximate surface area is 92.1 Å². The van der Waals surface area contributed by atoms with E-state index in [2.05, 4.69) is 30.2 Å². The molecule has 1 aromatic heterocycles. The van der Waals surface area contributed by atoms with E-state index < -0.39 is 0 Å². The topological polar surface area (TPSA) is 24.9 Å². The predicted octanol–water partition coefficient (Wildman–Crippen LogP) is 2.57. The first-order valence-corrected chi connectivity index (χ1v) is 5.90. The van der Waals surface area contributed by atoms with E-state index in [1.807, 2.05) is 18.5 Å². The molecule has 1 N–H and O–H groups in total. The molecule has 0 radical (unpaired) electrons. The first-order chi connectivity index (χ1) is 7.27. The summed E-state index contributed by atoms with van der Waals surface area (Å²) in [6.07, 6.45) is 6.56. The van der Waals surface area contributed by atoms with Crippen molar-refractivity contribution in [1.29, 1.82) is 0 Å². The summed E-state index contributed by atoms with van der Waals surface area (Å²) in [5.41, 5.74) is 1.42. The predicted molar refractivity (Wildman–Crippen MR) is 62.8 cm³/mol. The van der Waals surface area contributed by atoms with Gasteiger partial charge in [0.2, 0.25) is 0 Å². The molecule has 2 unspecified atom stereocenters. The van der Waals surface area contributed by atoms with Gasteiger partial charge in [0.15, 0.2) is 0 Å². The van der Waals surface area contributed by atoms with Gasteiger partial charge < -0.3 is 5.32 Å². The Bertz CT molecular complexity index is 295. The molecular formula is C13H20N2. The summed E-state index contributed by atoms with van der Waals surface area (Å²) < 4.78 is 0. The van der Waals surface area contributed by atoms with Gasteiger partial charge in [0.05, 0.1) is 0 Å². The van der Waals surface area contributed by atoms with Gasteiger partial charge in [0.25, 0.3) is 0 Å². The number of pyridine rings is 1. The first-order valence-electron chi connectivity index (χ1n) is 5.90. The fourth-order valence-electron chi connectivity index (χ4n) is 2.23. The average Bonchev–Trinajstić information content (AvgIpc) is 2.17. The summed E-state index contributed by atoms with van der Waals surface area (Å²) in [6, 6.07) is 4.85. The van der Waals surface area contributed by atoms with Crippen molar-refractivity contribution in [3.05, 3.63) is 30.1 Å². The third-order valence-electron chi connectivity index (χ3n) is 3.32. The molecule has 2 heteroatoms. The minimum absolute atomic E-state index is 0.597. The number of nitrogens with one attached hydrogen (secondary N) is 1. The van der Waals surface area contributed by atoms with Gasteiger partial charge in [0.1, 0.15) is 0 Å². The standard InChI is InChI=1S/C13H20N2/c1-10(2)15-9-12-5-6-13(12)11-4-3-7-14-8-11/h3-4,7-8,10,12-13,15H,5-6,9H2,1-2H3. The van der Waals surface area contributed by atoms with Crippen LogP contribution in [0.1, 0.15) is 38.2 Å². The van der Waals surface area contributed by atoms with E-state index in [4.69, 9.17) is 0 Å². The van der Waals surface area contributed by atoms with Crippen LogP contribution in [0.15, 0.2) is 24.5 Å². The van der Waals surface area contributed by atoms with E-state index in [9.17, 15) is 0 Å². The Hall–Kier alpha value is -0.890. The van der Waals surface area contributed by atoms with E-state index >= 15 is 0 Å². The lowest BCUT2D eigenvalue weighted by Gasteiger charge is -2.37. The molecule has 2 atom stereocenters. The third kappa shape index (κ3) is 2.57. The summed E-state index contributed by atoms with van der Waals surface area (Å²) in [7, 11) is 0. The van der Waals surface area contributed by atoms with Gasteiger partial charge in [-0.2, -0.15) is 0 Å². The second kappa shape index (κ2) is 4.75. The van der Waals surface area contributed by atoms with Crippen molar-refractivity contribution >= 4 is 0 Å². The second-order valence-electron chi connectivity index (χ2n) is 4.79. The number of hydrogen-bond acceptors (Lipinski definition) is 2. The molecule has 0 aromatic carbocycles. The van der Waals surface area contributed by atoms with Gasteiger partial charge in [-0.25, -0.2) is 0 Å². The van der Waals surface area contributed by atoms with Gasteiger partial charge >= 0.3 is 0 Å². The van der Waals surface area contributed by atoms with Gasteiger partial charge in [-0.1, -0.05) is 19.9 Å². The van der Waals surface area contributed by atoms with Crippen molar-refractivity contribution in [3.63, 3.8) is 0 Å². The Kier molecular flexibility index (Phi) is 3.37. The molecule has 1 heterocycles. The van der Waals surface area contributed by atoms with E-state index in [-0.39, 0.29) is 0 Å². The number of rotatable bonds is 4. The SMILES string of the molecule is CC(C)NCC1CCC1c1cccnc1. The highest BCUT2D eigenvalue weighted by Gasteiger charge is 2.31. The highest BCUT2D eigenvalue weighted by molar-refractivity contribution is 5.18.